The van der Waals surface area contributed by atoms with Crippen molar-refractivity contribution >= 4 is 40.5 Å². The first-order valence-corrected chi connectivity index (χ1v) is 13.3. The van der Waals surface area contributed by atoms with Crippen LogP contribution in [0.3, 0.4) is 0 Å². The van der Waals surface area contributed by atoms with Gasteiger partial charge in [0.25, 0.3) is 0 Å². The average Bonchev–Trinajstić information content (AvgIpc) is 3.26. The van der Waals surface area contributed by atoms with Gasteiger partial charge in [0.2, 0.25) is 5.91 Å². The number of halogens is 1. The van der Waals surface area contributed by atoms with Crippen LogP contribution in [0.1, 0.15) is 43.1 Å². The number of rotatable bonds is 8. The molecule has 1 saturated heterocycles. The number of hydrogen-bond acceptors (Lipinski definition) is 7. The second-order valence-corrected chi connectivity index (χ2v) is 11.0. The Morgan fingerprint density at radius 1 is 1.08 bits per heavy atom. The molecule has 1 fully saturated rings. The molecule has 208 valence electrons. The van der Waals surface area contributed by atoms with E-state index >= 15 is 0 Å². The highest BCUT2D eigenvalue weighted by Crippen LogP contribution is 2.16. The molecular weight excluding hydrogens is 524 g/mol. The number of fused-ring (bicyclic) bond motifs is 1. The number of oxazole rings is 1. The van der Waals surface area contributed by atoms with Gasteiger partial charge in [-0.15, -0.1) is 0 Å². The number of H-pyrrole nitrogens is 1. The minimum atomic E-state index is -0.794. The molecule has 39 heavy (non-hydrogen) atoms. The van der Waals surface area contributed by atoms with E-state index in [1.54, 1.807) is 56.0 Å². The minimum absolute atomic E-state index is 0.0520. The molecule has 1 aromatic heterocycles. The van der Waals surface area contributed by atoms with E-state index in [0.717, 1.165) is 5.56 Å². The van der Waals surface area contributed by atoms with E-state index in [2.05, 4.69) is 15.2 Å². The van der Waals surface area contributed by atoms with Crippen molar-refractivity contribution in [3.05, 3.63) is 69.2 Å². The summed E-state index contributed by atoms with van der Waals surface area (Å²) in [4.78, 5) is 56.5. The van der Waals surface area contributed by atoms with Crippen LogP contribution in [0.2, 0.25) is 5.02 Å². The van der Waals surface area contributed by atoms with Gasteiger partial charge in [0.15, 0.2) is 11.4 Å². The molecule has 2 amide bonds. The van der Waals surface area contributed by atoms with Crippen LogP contribution in [0.4, 0.5) is 4.79 Å². The standard InChI is InChI=1S/C28H33ClN4O6/c1-28(2,3)39-27(37)31-22(16-18-4-7-20(29)8-5-18)25(35)33-14-12-32(13-15-33)11-10-23(34)19-6-9-21-24(17-19)38-26(36)30-21/h4-9,17,22H,10-16H2,1-3H3,(H,30,36)(H,31,37). The van der Waals surface area contributed by atoms with Crippen molar-refractivity contribution in [3.63, 3.8) is 0 Å². The van der Waals surface area contributed by atoms with Crippen LogP contribution >= 0.6 is 11.6 Å². The molecule has 11 heteroatoms. The molecule has 4 rings (SSSR count). The molecule has 0 spiro atoms. The third-order valence-electron chi connectivity index (χ3n) is 6.42. The van der Waals surface area contributed by atoms with Crippen LogP contribution in [0.25, 0.3) is 11.1 Å². The quantitative estimate of drug-likeness (QED) is 0.406. The monoisotopic (exact) mass is 556 g/mol. The highest BCUT2D eigenvalue weighted by Gasteiger charge is 2.30. The fourth-order valence-corrected chi connectivity index (χ4v) is 4.57. The highest BCUT2D eigenvalue weighted by molar-refractivity contribution is 6.30. The lowest BCUT2D eigenvalue weighted by Gasteiger charge is -2.36. The van der Waals surface area contributed by atoms with Gasteiger partial charge in [0.1, 0.15) is 11.6 Å². The Kier molecular flexibility index (Phi) is 8.76. The number of carbonyl (C=O) groups excluding carboxylic acids is 3. The molecule has 2 aromatic carbocycles. The summed E-state index contributed by atoms with van der Waals surface area (Å²) in [5, 5.41) is 3.33. The van der Waals surface area contributed by atoms with E-state index in [9.17, 15) is 19.2 Å². The first-order valence-electron chi connectivity index (χ1n) is 12.9. The van der Waals surface area contributed by atoms with Crippen molar-refractivity contribution in [2.24, 2.45) is 0 Å². The maximum absolute atomic E-state index is 13.5. The molecule has 3 aromatic rings. The molecule has 1 aliphatic heterocycles. The number of alkyl carbamates (subject to hydrolysis) is 1. The van der Waals surface area contributed by atoms with Crippen LogP contribution in [0, 0.1) is 0 Å². The summed E-state index contributed by atoms with van der Waals surface area (Å²) in [5.41, 5.74) is 1.56. The van der Waals surface area contributed by atoms with Gasteiger partial charge in [0, 0.05) is 56.2 Å². The summed E-state index contributed by atoms with van der Waals surface area (Å²) in [6.07, 6.45) is -0.0487. The smallest absolute Gasteiger partial charge is 0.417 e. The topological polar surface area (TPSA) is 125 Å². The van der Waals surface area contributed by atoms with E-state index in [4.69, 9.17) is 20.8 Å². The van der Waals surface area contributed by atoms with Crippen molar-refractivity contribution < 1.29 is 23.5 Å². The van der Waals surface area contributed by atoms with Crippen LogP contribution in [0.5, 0.6) is 0 Å². The van der Waals surface area contributed by atoms with Crippen LogP contribution in [-0.2, 0) is 16.0 Å². The predicted octanol–water partition coefficient (Wildman–Crippen LogP) is 3.63. The lowest BCUT2D eigenvalue weighted by atomic mass is 10.0. The third kappa shape index (κ3) is 7.93. The number of benzene rings is 2. The van der Waals surface area contributed by atoms with Crippen LogP contribution < -0.4 is 11.1 Å². The van der Waals surface area contributed by atoms with Gasteiger partial charge in [-0.1, -0.05) is 23.7 Å². The number of Topliss-reactive ketones (excluding diaryl/α,β-unsaturated/α-hetero) is 1. The first kappa shape index (κ1) is 28.4. The second-order valence-electron chi connectivity index (χ2n) is 10.6. The lowest BCUT2D eigenvalue weighted by Crippen LogP contribution is -2.56. The third-order valence-corrected chi connectivity index (χ3v) is 6.68. The van der Waals surface area contributed by atoms with Crippen LogP contribution in [-0.4, -0.2) is 76.9 Å². The Morgan fingerprint density at radius 3 is 2.44 bits per heavy atom. The second kappa shape index (κ2) is 12.0. The number of amides is 2. The summed E-state index contributed by atoms with van der Waals surface area (Å²) in [6, 6.07) is 11.3. The van der Waals surface area contributed by atoms with Crippen molar-refractivity contribution in [1.82, 2.24) is 20.1 Å². The predicted molar refractivity (Wildman–Crippen MR) is 147 cm³/mol. The van der Waals surface area contributed by atoms with Gasteiger partial charge >= 0.3 is 11.8 Å². The van der Waals surface area contributed by atoms with Crippen molar-refractivity contribution in [3.8, 4) is 0 Å². The van der Waals surface area contributed by atoms with E-state index < -0.39 is 23.5 Å². The maximum Gasteiger partial charge on any atom is 0.417 e. The van der Waals surface area contributed by atoms with Crippen molar-refractivity contribution in [2.75, 3.05) is 32.7 Å². The van der Waals surface area contributed by atoms with Gasteiger partial charge in [-0.2, -0.15) is 0 Å². The summed E-state index contributed by atoms with van der Waals surface area (Å²) < 4.78 is 10.4. The normalized spacial score (nSPS) is 15.2. The van der Waals surface area contributed by atoms with E-state index in [1.807, 2.05) is 12.1 Å². The SMILES string of the molecule is CC(C)(C)OC(=O)NC(Cc1ccc(Cl)cc1)C(=O)N1CCN(CCC(=O)c2ccc3[nH]c(=O)oc3c2)CC1. The number of ether oxygens (including phenoxy) is 1. The molecule has 0 saturated carbocycles. The zero-order valence-electron chi connectivity index (χ0n) is 22.3. The summed E-state index contributed by atoms with van der Waals surface area (Å²) in [6.45, 7) is 7.99. The van der Waals surface area contributed by atoms with Gasteiger partial charge in [-0.05, 0) is 56.7 Å². The Hall–Kier alpha value is -3.63. The van der Waals surface area contributed by atoms with Gasteiger partial charge in [-0.3, -0.25) is 19.5 Å². The number of hydrogen-bond donors (Lipinski definition) is 2. The molecule has 1 unspecified atom stereocenters. The Balaban J connectivity index is 1.32. The van der Waals surface area contributed by atoms with E-state index in [0.29, 0.717) is 67.3 Å². The van der Waals surface area contributed by atoms with Gasteiger partial charge in [-0.25, -0.2) is 9.59 Å². The summed E-state index contributed by atoms with van der Waals surface area (Å²) >= 11 is 6.00. The van der Waals surface area contributed by atoms with Crippen molar-refractivity contribution in [1.29, 1.82) is 0 Å². The molecule has 1 atom stereocenters. The van der Waals surface area contributed by atoms with Gasteiger partial charge < -0.3 is 19.4 Å². The summed E-state index contributed by atoms with van der Waals surface area (Å²) in [7, 11) is 0. The molecule has 0 aliphatic carbocycles. The van der Waals surface area contributed by atoms with Crippen LogP contribution in [0.15, 0.2) is 51.7 Å². The van der Waals surface area contributed by atoms with Gasteiger partial charge in [0.05, 0.1) is 5.52 Å². The molecule has 2 N–H and O–H groups in total. The molecule has 2 heterocycles. The fourth-order valence-electron chi connectivity index (χ4n) is 4.44. The van der Waals surface area contributed by atoms with E-state index in [1.165, 1.54) is 0 Å². The fraction of sp³-hybridized carbons (Fsp3) is 0.429. The number of nitrogens with one attached hydrogen (secondary N) is 2. The molecule has 0 radical (unpaired) electrons. The largest absolute Gasteiger partial charge is 0.444 e. The minimum Gasteiger partial charge on any atom is -0.444 e. The summed E-state index contributed by atoms with van der Waals surface area (Å²) in [5.74, 6) is -0.796. The number of nitrogens with zero attached hydrogens (tertiary/aromatic N) is 2. The lowest BCUT2D eigenvalue weighted by molar-refractivity contribution is -0.135. The van der Waals surface area contributed by atoms with E-state index in [-0.39, 0.29) is 11.7 Å². The Labute approximate surface area is 231 Å². The number of ketones is 1. The molecule has 10 nitrogen and oxygen atoms in total. The number of aromatic amines is 1. The Morgan fingerprint density at radius 2 is 1.77 bits per heavy atom. The highest BCUT2D eigenvalue weighted by atomic mass is 35.5. The first-order chi connectivity index (χ1) is 18.5. The molecule has 0 bridgehead atoms. The molecular formula is C28H33ClN4O6. The zero-order valence-corrected chi connectivity index (χ0v) is 23.0. The number of carbonyl (C=O) groups is 3. The number of aromatic nitrogens is 1. The molecule has 1 aliphatic rings. The maximum atomic E-state index is 13.5. The Bertz CT molecular complexity index is 1380. The zero-order chi connectivity index (χ0) is 28.2. The van der Waals surface area contributed by atoms with Crippen molar-refractivity contribution in [2.45, 2.75) is 45.3 Å². The number of piperazine rings is 1. The average molecular weight is 557 g/mol.